The molecule has 0 heterocycles. The fourth-order valence-corrected chi connectivity index (χ4v) is 4.48. The molecule has 2 unspecified atom stereocenters. The SMILES string of the molecule is CCCCN(C(=O)C(NC(=O)OC(C)(C)C)C(C)C)C(C(=O)Nc1c(C)cccc1Cl)c1ccc(C)c(C)c1. The number of alkyl carbamates (subject to hydrolysis) is 1. The molecule has 0 aliphatic rings. The van der Waals surface area contributed by atoms with E-state index in [0.29, 0.717) is 29.2 Å². The number of carbonyl (C=O) groups is 3. The third kappa shape index (κ3) is 8.99. The van der Waals surface area contributed by atoms with Crippen molar-refractivity contribution in [2.75, 3.05) is 11.9 Å². The van der Waals surface area contributed by atoms with Gasteiger partial charge in [0.1, 0.15) is 17.7 Å². The van der Waals surface area contributed by atoms with E-state index in [4.69, 9.17) is 16.3 Å². The van der Waals surface area contributed by atoms with Gasteiger partial charge in [-0.05, 0) is 82.2 Å². The van der Waals surface area contributed by atoms with Gasteiger partial charge in [-0.2, -0.15) is 0 Å². The van der Waals surface area contributed by atoms with E-state index in [1.807, 2.05) is 71.9 Å². The quantitative estimate of drug-likeness (QED) is 0.325. The zero-order chi connectivity index (χ0) is 29.5. The maximum absolute atomic E-state index is 14.2. The zero-order valence-corrected chi connectivity index (χ0v) is 25.5. The van der Waals surface area contributed by atoms with Gasteiger partial charge in [0.15, 0.2) is 0 Å². The van der Waals surface area contributed by atoms with E-state index in [1.54, 1.807) is 31.7 Å². The molecule has 0 saturated carbocycles. The molecule has 2 aromatic carbocycles. The lowest BCUT2D eigenvalue weighted by molar-refractivity contribution is -0.141. The summed E-state index contributed by atoms with van der Waals surface area (Å²) in [4.78, 5) is 42.5. The van der Waals surface area contributed by atoms with E-state index < -0.39 is 23.8 Å². The van der Waals surface area contributed by atoms with Crippen molar-refractivity contribution in [1.29, 1.82) is 0 Å². The van der Waals surface area contributed by atoms with Crippen molar-refractivity contribution < 1.29 is 19.1 Å². The normalized spacial score (nSPS) is 13.0. The van der Waals surface area contributed by atoms with Crippen LogP contribution >= 0.6 is 11.6 Å². The average molecular weight is 558 g/mol. The lowest BCUT2D eigenvalue weighted by Crippen LogP contribution is -2.54. The minimum Gasteiger partial charge on any atom is -0.444 e. The Labute approximate surface area is 238 Å². The van der Waals surface area contributed by atoms with E-state index in [1.165, 1.54) is 0 Å². The third-order valence-corrected chi connectivity index (χ3v) is 6.83. The number of ether oxygens (including phenoxy) is 1. The van der Waals surface area contributed by atoms with E-state index in [-0.39, 0.29) is 17.7 Å². The minimum absolute atomic E-state index is 0.247. The Morgan fingerprint density at radius 1 is 1.00 bits per heavy atom. The van der Waals surface area contributed by atoms with Crippen molar-refractivity contribution in [3.63, 3.8) is 0 Å². The number of unbranched alkanes of at least 4 members (excludes halogenated alkanes) is 1. The molecular weight excluding hydrogens is 514 g/mol. The highest BCUT2D eigenvalue weighted by molar-refractivity contribution is 6.34. The summed E-state index contributed by atoms with van der Waals surface area (Å²) in [5.74, 6) is -0.972. The minimum atomic E-state index is -0.944. The summed E-state index contributed by atoms with van der Waals surface area (Å²) in [7, 11) is 0. The number of hydrogen-bond donors (Lipinski definition) is 2. The summed E-state index contributed by atoms with van der Waals surface area (Å²) < 4.78 is 5.44. The van der Waals surface area contributed by atoms with Gasteiger partial charge >= 0.3 is 6.09 Å². The Morgan fingerprint density at radius 2 is 1.67 bits per heavy atom. The van der Waals surface area contributed by atoms with Gasteiger partial charge in [-0.3, -0.25) is 9.59 Å². The van der Waals surface area contributed by atoms with Crippen molar-refractivity contribution in [2.24, 2.45) is 5.92 Å². The lowest BCUT2D eigenvalue weighted by atomic mass is 9.96. The average Bonchev–Trinajstić information content (AvgIpc) is 2.82. The summed E-state index contributed by atoms with van der Waals surface area (Å²) in [5, 5.41) is 6.16. The maximum Gasteiger partial charge on any atom is 0.408 e. The van der Waals surface area contributed by atoms with Crippen molar-refractivity contribution in [2.45, 2.75) is 92.8 Å². The molecule has 2 rings (SSSR count). The highest BCUT2D eigenvalue weighted by Crippen LogP contribution is 2.31. The third-order valence-electron chi connectivity index (χ3n) is 6.52. The number of para-hydroxylation sites is 1. The highest BCUT2D eigenvalue weighted by atomic mass is 35.5. The first-order valence-electron chi connectivity index (χ1n) is 13.6. The van der Waals surface area contributed by atoms with Crippen LogP contribution in [0.4, 0.5) is 10.5 Å². The van der Waals surface area contributed by atoms with Crippen LogP contribution in [0.2, 0.25) is 5.02 Å². The van der Waals surface area contributed by atoms with Crippen LogP contribution in [0.3, 0.4) is 0 Å². The van der Waals surface area contributed by atoms with E-state index in [9.17, 15) is 14.4 Å². The molecule has 0 fully saturated rings. The van der Waals surface area contributed by atoms with Crippen molar-refractivity contribution in [3.05, 3.63) is 63.7 Å². The number of amides is 3. The van der Waals surface area contributed by atoms with Gasteiger partial charge < -0.3 is 20.3 Å². The van der Waals surface area contributed by atoms with Gasteiger partial charge in [-0.25, -0.2) is 4.79 Å². The topological polar surface area (TPSA) is 87.7 Å². The number of halogens is 1. The van der Waals surface area contributed by atoms with Crippen LogP contribution in [0, 0.1) is 26.7 Å². The summed E-state index contributed by atoms with van der Waals surface area (Å²) in [6, 6.07) is 9.34. The zero-order valence-electron chi connectivity index (χ0n) is 24.8. The Balaban J connectivity index is 2.59. The molecular formula is C31H44ClN3O4. The predicted molar refractivity (Wildman–Crippen MR) is 158 cm³/mol. The Morgan fingerprint density at radius 3 is 2.21 bits per heavy atom. The maximum atomic E-state index is 14.2. The first-order chi connectivity index (χ1) is 18.2. The molecule has 214 valence electrons. The van der Waals surface area contributed by atoms with Crippen LogP contribution in [0.5, 0.6) is 0 Å². The van der Waals surface area contributed by atoms with Crippen LogP contribution in [0.25, 0.3) is 0 Å². The molecule has 2 atom stereocenters. The number of rotatable bonds is 10. The van der Waals surface area contributed by atoms with E-state index >= 15 is 0 Å². The molecule has 0 aromatic heterocycles. The Kier molecular flexibility index (Phi) is 11.4. The Hall–Kier alpha value is -3.06. The molecule has 0 radical (unpaired) electrons. The first kappa shape index (κ1) is 32.2. The Bertz CT molecular complexity index is 1150. The molecule has 0 bridgehead atoms. The van der Waals surface area contributed by atoms with Gasteiger partial charge in [-0.1, -0.05) is 69.1 Å². The van der Waals surface area contributed by atoms with Crippen LogP contribution in [0.1, 0.15) is 82.7 Å². The number of nitrogens with one attached hydrogen (secondary N) is 2. The van der Waals surface area contributed by atoms with Gasteiger partial charge in [0, 0.05) is 6.54 Å². The molecule has 0 aliphatic carbocycles. The van der Waals surface area contributed by atoms with Gasteiger partial charge in [0.2, 0.25) is 5.91 Å². The molecule has 39 heavy (non-hydrogen) atoms. The second kappa shape index (κ2) is 13.8. The van der Waals surface area contributed by atoms with Gasteiger partial charge in [0.05, 0.1) is 10.7 Å². The summed E-state index contributed by atoms with van der Waals surface area (Å²) in [6.45, 7) is 17.2. The van der Waals surface area contributed by atoms with Crippen LogP contribution in [0.15, 0.2) is 36.4 Å². The largest absolute Gasteiger partial charge is 0.444 e. The molecule has 0 saturated heterocycles. The van der Waals surface area contributed by atoms with Crippen molar-refractivity contribution in [3.8, 4) is 0 Å². The highest BCUT2D eigenvalue weighted by Gasteiger charge is 2.37. The number of aryl methyl sites for hydroxylation is 3. The predicted octanol–water partition coefficient (Wildman–Crippen LogP) is 7.12. The van der Waals surface area contributed by atoms with Crippen LogP contribution in [-0.4, -0.2) is 41.0 Å². The number of nitrogens with zero attached hydrogens (tertiary/aromatic N) is 1. The number of hydrogen-bond acceptors (Lipinski definition) is 4. The van der Waals surface area contributed by atoms with Crippen LogP contribution in [-0.2, 0) is 14.3 Å². The second-order valence-corrected chi connectivity index (χ2v) is 11.8. The first-order valence-corrected chi connectivity index (χ1v) is 14.0. The summed E-state index contributed by atoms with van der Waals surface area (Å²) in [5.41, 5.74) is 3.38. The fourth-order valence-electron chi connectivity index (χ4n) is 4.21. The number of anilines is 1. The monoisotopic (exact) mass is 557 g/mol. The molecule has 8 heteroatoms. The summed E-state index contributed by atoms with van der Waals surface area (Å²) >= 11 is 6.44. The van der Waals surface area contributed by atoms with Gasteiger partial charge in [0.25, 0.3) is 5.91 Å². The number of carbonyl (C=O) groups excluding carboxylic acids is 3. The molecule has 0 spiro atoms. The molecule has 2 N–H and O–H groups in total. The smallest absolute Gasteiger partial charge is 0.408 e. The van der Waals surface area contributed by atoms with Crippen molar-refractivity contribution >= 4 is 35.2 Å². The van der Waals surface area contributed by atoms with E-state index in [0.717, 1.165) is 23.1 Å². The molecule has 7 nitrogen and oxygen atoms in total. The summed E-state index contributed by atoms with van der Waals surface area (Å²) in [6.07, 6.45) is 0.826. The number of benzene rings is 2. The van der Waals surface area contributed by atoms with Crippen molar-refractivity contribution in [1.82, 2.24) is 10.2 Å². The standard InChI is InChI=1S/C31H44ClN3O4/c1-10-11-17-35(29(37)25(19(2)3)34-30(38)39-31(7,8)9)27(23-16-15-20(4)22(6)18-23)28(36)33-26-21(5)13-12-14-24(26)32/h12-16,18-19,25,27H,10-11,17H2,1-9H3,(H,33,36)(H,34,38). The van der Waals surface area contributed by atoms with Gasteiger partial charge in [-0.15, -0.1) is 0 Å². The fraction of sp³-hybridized carbons (Fsp3) is 0.516. The lowest BCUT2D eigenvalue weighted by Gasteiger charge is -2.36. The molecule has 2 aromatic rings. The van der Waals surface area contributed by atoms with E-state index in [2.05, 4.69) is 10.6 Å². The van der Waals surface area contributed by atoms with Crippen LogP contribution < -0.4 is 10.6 Å². The second-order valence-electron chi connectivity index (χ2n) is 11.4. The molecule has 3 amide bonds. The molecule has 0 aliphatic heterocycles.